The zero-order valence-corrected chi connectivity index (χ0v) is 12.3. The average Bonchev–Trinajstić information content (AvgIpc) is 2.44. The molecule has 1 unspecified atom stereocenters. The van der Waals surface area contributed by atoms with Crippen molar-refractivity contribution in [3.8, 4) is 0 Å². The Morgan fingerprint density at radius 2 is 2.21 bits per heavy atom. The summed E-state index contributed by atoms with van der Waals surface area (Å²) >= 11 is 1.78. The highest BCUT2D eigenvalue weighted by Crippen LogP contribution is 2.17. The fraction of sp³-hybridized carbons (Fsp3) is 0.533. The van der Waals surface area contributed by atoms with Crippen LogP contribution in [0.5, 0.6) is 0 Å². The van der Waals surface area contributed by atoms with Crippen LogP contribution >= 0.6 is 11.8 Å². The topological polar surface area (TPSA) is 32.3 Å². The van der Waals surface area contributed by atoms with Gasteiger partial charge < -0.3 is 10.2 Å². The van der Waals surface area contributed by atoms with Crippen molar-refractivity contribution in [3.63, 3.8) is 0 Å². The van der Waals surface area contributed by atoms with Crippen molar-refractivity contribution in [2.45, 2.75) is 24.7 Å². The second kappa shape index (κ2) is 7.43. The molecule has 1 heterocycles. The van der Waals surface area contributed by atoms with Gasteiger partial charge in [0.2, 0.25) is 0 Å². The number of carbonyl (C=O) groups is 1. The SMILES string of the molecule is CC1CCCN(C(=O)NCCSc2ccccc2)C1. The summed E-state index contributed by atoms with van der Waals surface area (Å²) in [5.74, 6) is 1.55. The molecule has 1 N–H and O–H groups in total. The van der Waals surface area contributed by atoms with Gasteiger partial charge in [0.25, 0.3) is 0 Å². The summed E-state index contributed by atoms with van der Waals surface area (Å²) in [6.45, 7) is 4.74. The molecule has 1 aromatic carbocycles. The zero-order valence-electron chi connectivity index (χ0n) is 11.5. The lowest BCUT2D eigenvalue weighted by molar-refractivity contribution is 0.170. The molecule has 1 aliphatic heterocycles. The summed E-state index contributed by atoms with van der Waals surface area (Å²) in [4.78, 5) is 15.2. The standard InChI is InChI=1S/C15H22N2OS/c1-13-6-5-10-17(12-13)15(18)16-9-11-19-14-7-3-2-4-8-14/h2-4,7-8,13H,5-6,9-12H2,1H3,(H,16,18). The third-order valence-corrected chi connectivity index (χ3v) is 4.35. The first-order chi connectivity index (χ1) is 9.25. The Kier molecular flexibility index (Phi) is 5.58. The van der Waals surface area contributed by atoms with Gasteiger partial charge in [0.1, 0.15) is 0 Å². The molecule has 1 saturated heterocycles. The highest BCUT2D eigenvalue weighted by atomic mass is 32.2. The Balaban J connectivity index is 1.64. The van der Waals surface area contributed by atoms with Gasteiger partial charge in [0, 0.05) is 30.3 Å². The summed E-state index contributed by atoms with van der Waals surface area (Å²) < 4.78 is 0. The van der Waals surface area contributed by atoms with Gasteiger partial charge in [-0.25, -0.2) is 4.79 Å². The van der Waals surface area contributed by atoms with E-state index in [-0.39, 0.29) is 6.03 Å². The summed E-state index contributed by atoms with van der Waals surface area (Å²) in [5, 5.41) is 3.01. The van der Waals surface area contributed by atoms with E-state index >= 15 is 0 Å². The lowest BCUT2D eigenvalue weighted by Gasteiger charge is -2.30. The van der Waals surface area contributed by atoms with Crippen molar-refractivity contribution in [2.24, 2.45) is 5.92 Å². The first-order valence-corrected chi connectivity index (χ1v) is 7.95. The highest BCUT2D eigenvalue weighted by Gasteiger charge is 2.20. The molecule has 19 heavy (non-hydrogen) atoms. The van der Waals surface area contributed by atoms with E-state index in [4.69, 9.17) is 0 Å². The molecule has 0 aliphatic carbocycles. The first kappa shape index (κ1) is 14.3. The van der Waals surface area contributed by atoms with Crippen LogP contribution in [-0.4, -0.2) is 36.3 Å². The van der Waals surface area contributed by atoms with Gasteiger partial charge in [-0.15, -0.1) is 11.8 Å². The average molecular weight is 278 g/mol. The molecule has 2 rings (SSSR count). The summed E-state index contributed by atoms with van der Waals surface area (Å²) in [6.07, 6.45) is 2.38. The van der Waals surface area contributed by atoms with E-state index in [1.165, 1.54) is 11.3 Å². The molecule has 1 aliphatic rings. The molecule has 0 radical (unpaired) electrons. The van der Waals surface area contributed by atoms with Gasteiger partial charge in [-0.3, -0.25) is 0 Å². The fourth-order valence-electron chi connectivity index (χ4n) is 2.33. The van der Waals surface area contributed by atoms with Gasteiger partial charge in [-0.05, 0) is 30.9 Å². The lowest BCUT2D eigenvalue weighted by atomic mass is 10.0. The van der Waals surface area contributed by atoms with Gasteiger partial charge in [0.15, 0.2) is 0 Å². The number of carbonyl (C=O) groups excluding carboxylic acids is 1. The van der Waals surface area contributed by atoms with E-state index in [0.29, 0.717) is 5.92 Å². The number of nitrogens with one attached hydrogen (secondary N) is 1. The van der Waals surface area contributed by atoms with Gasteiger partial charge in [-0.1, -0.05) is 25.1 Å². The molecule has 0 bridgehead atoms. The molecule has 3 nitrogen and oxygen atoms in total. The van der Waals surface area contributed by atoms with Crippen molar-refractivity contribution >= 4 is 17.8 Å². The first-order valence-electron chi connectivity index (χ1n) is 6.96. The van der Waals surface area contributed by atoms with Crippen LogP contribution in [0.1, 0.15) is 19.8 Å². The van der Waals surface area contributed by atoms with E-state index in [2.05, 4.69) is 24.4 Å². The number of thioether (sulfide) groups is 1. The molecule has 1 aromatic rings. The molecule has 4 heteroatoms. The Bertz CT molecular complexity index is 396. The normalized spacial score (nSPS) is 19.2. The third kappa shape index (κ3) is 4.78. The largest absolute Gasteiger partial charge is 0.337 e. The van der Waals surface area contributed by atoms with E-state index in [1.54, 1.807) is 11.8 Å². The van der Waals surface area contributed by atoms with E-state index in [9.17, 15) is 4.79 Å². The third-order valence-electron chi connectivity index (χ3n) is 3.33. The maximum atomic E-state index is 12.0. The minimum Gasteiger partial charge on any atom is -0.337 e. The Labute approximate surface area is 119 Å². The van der Waals surface area contributed by atoms with Gasteiger partial charge in [0.05, 0.1) is 0 Å². The second-order valence-corrected chi connectivity index (χ2v) is 6.26. The smallest absolute Gasteiger partial charge is 0.317 e. The van der Waals surface area contributed by atoms with Crippen LogP contribution in [0.15, 0.2) is 35.2 Å². The molecule has 104 valence electrons. The summed E-state index contributed by atoms with van der Waals surface area (Å²) in [6, 6.07) is 10.4. The maximum absolute atomic E-state index is 12.0. The molecule has 0 spiro atoms. The van der Waals surface area contributed by atoms with E-state index in [1.807, 2.05) is 23.1 Å². The fourth-order valence-corrected chi connectivity index (χ4v) is 3.12. The number of likely N-dealkylation sites (tertiary alicyclic amines) is 1. The molecule has 0 aromatic heterocycles. The highest BCUT2D eigenvalue weighted by molar-refractivity contribution is 7.99. The van der Waals surface area contributed by atoms with Crippen molar-refractivity contribution in [1.29, 1.82) is 0 Å². The molecule has 1 fully saturated rings. The Morgan fingerprint density at radius 1 is 1.42 bits per heavy atom. The molecule has 2 amide bonds. The van der Waals surface area contributed by atoms with Gasteiger partial charge >= 0.3 is 6.03 Å². The van der Waals surface area contributed by atoms with Crippen LogP contribution in [0.4, 0.5) is 4.79 Å². The van der Waals surface area contributed by atoms with Crippen LogP contribution in [0, 0.1) is 5.92 Å². The summed E-state index contributed by atoms with van der Waals surface area (Å²) in [5.41, 5.74) is 0. The molecule has 0 saturated carbocycles. The number of hydrogen-bond acceptors (Lipinski definition) is 2. The number of hydrogen-bond donors (Lipinski definition) is 1. The number of amides is 2. The molecular formula is C15H22N2OS. The monoisotopic (exact) mass is 278 g/mol. The quantitative estimate of drug-likeness (QED) is 0.677. The van der Waals surface area contributed by atoms with Crippen LogP contribution in [-0.2, 0) is 0 Å². The molecule has 1 atom stereocenters. The number of rotatable bonds is 4. The maximum Gasteiger partial charge on any atom is 0.317 e. The predicted molar refractivity (Wildman–Crippen MR) is 80.5 cm³/mol. The van der Waals surface area contributed by atoms with Crippen molar-refractivity contribution in [1.82, 2.24) is 10.2 Å². The number of piperidine rings is 1. The number of benzene rings is 1. The van der Waals surface area contributed by atoms with Crippen molar-refractivity contribution < 1.29 is 4.79 Å². The lowest BCUT2D eigenvalue weighted by Crippen LogP contribution is -2.45. The van der Waals surface area contributed by atoms with Crippen LogP contribution in [0.3, 0.4) is 0 Å². The van der Waals surface area contributed by atoms with Crippen molar-refractivity contribution in [2.75, 3.05) is 25.4 Å². The Morgan fingerprint density at radius 3 is 2.95 bits per heavy atom. The van der Waals surface area contributed by atoms with Gasteiger partial charge in [-0.2, -0.15) is 0 Å². The minimum absolute atomic E-state index is 0.0974. The second-order valence-electron chi connectivity index (χ2n) is 5.09. The van der Waals surface area contributed by atoms with Crippen LogP contribution in [0.25, 0.3) is 0 Å². The van der Waals surface area contributed by atoms with Crippen LogP contribution in [0.2, 0.25) is 0 Å². The number of nitrogens with zero attached hydrogens (tertiary/aromatic N) is 1. The summed E-state index contributed by atoms with van der Waals surface area (Å²) in [7, 11) is 0. The van der Waals surface area contributed by atoms with E-state index < -0.39 is 0 Å². The van der Waals surface area contributed by atoms with E-state index in [0.717, 1.165) is 31.8 Å². The Hall–Kier alpha value is -1.16. The zero-order chi connectivity index (χ0) is 13.5. The van der Waals surface area contributed by atoms with Crippen molar-refractivity contribution in [3.05, 3.63) is 30.3 Å². The van der Waals surface area contributed by atoms with Crippen LogP contribution < -0.4 is 5.32 Å². The predicted octanol–water partition coefficient (Wildman–Crippen LogP) is 3.22. The number of urea groups is 1. The minimum atomic E-state index is 0.0974. The molecular weight excluding hydrogens is 256 g/mol.